The monoisotopic (exact) mass is 269 g/mol. The molecule has 1 heterocycles. The lowest BCUT2D eigenvalue weighted by Crippen LogP contribution is -2.14. The zero-order chi connectivity index (χ0) is 13.5. The average Bonchev–Trinajstić information content (AvgIpc) is 2.53. The highest BCUT2D eigenvalue weighted by atomic mass is 32.2. The predicted octanol–water partition coefficient (Wildman–Crippen LogP) is 1.28. The third kappa shape index (κ3) is 2.14. The molecular formula is C11H12FN3O2S. The molecule has 0 aliphatic rings. The Morgan fingerprint density at radius 3 is 2.50 bits per heavy atom. The van der Waals surface area contributed by atoms with Gasteiger partial charge in [0.25, 0.3) is 0 Å². The minimum absolute atomic E-state index is 0.0215. The number of hydrogen-bond donors (Lipinski definition) is 1. The first-order valence-corrected chi connectivity index (χ1v) is 6.70. The highest BCUT2D eigenvalue weighted by Gasteiger charge is 2.21. The van der Waals surface area contributed by atoms with Crippen molar-refractivity contribution in [1.29, 1.82) is 0 Å². The summed E-state index contributed by atoms with van der Waals surface area (Å²) in [4.78, 5) is -0.0215. The van der Waals surface area contributed by atoms with Crippen molar-refractivity contribution < 1.29 is 12.8 Å². The molecular weight excluding hydrogens is 257 g/mol. The number of benzene rings is 1. The van der Waals surface area contributed by atoms with E-state index in [9.17, 15) is 12.8 Å². The van der Waals surface area contributed by atoms with Crippen LogP contribution in [0, 0.1) is 19.7 Å². The van der Waals surface area contributed by atoms with E-state index >= 15 is 0 Å². The molecule has 0 unspecified atom stereocenters. The molecule has 0 spiro atoms. The number of sulfonamides is 1. The van der Waals surface area contributed by atoms with Crippen LogP contribution in [0.25, 0.3) is 5.69 Å². The van der Waals surface area contributed by atoms with Gasteiger partial charge in [0.05, 0.1) is 17.1 Å². The van der Waals surface area contributed by atoms with E-state index in [1.807, 2.05) is 0 Å². The molecule has 96 valence electrons. The second kappa shape index (κ2) is 4.18. The summed E-state index contributed by atoms with van der Waals surface area (Å²) >= 11 is 0. The maximum Gasteiger partial charge on any atom is 0.241 e. The lowest BCUT2D eigenvalue weighted by molar-refractivity contribution is 0.596. The first-order valence-electron chi connectivity index (χ1n) is 5.15. The summed E-state index contributed by atoms with van der Waals surface area (Å²) in [5, 5.41) is 9.20. The molecule has 5 nitrogen and oxygen atoms in total. The first kappa shape index (κ1) is 12.7. The molecule has 0 fully saturated rings. The van der Waals surface area contributed by atoms with Gasteiger partial charge in [0.15, 0.2) is 0 Å². The smallest absolute Gasteiger partial charge is 0.236 e. The van der Waals surface area contributed by atoms with Crippen molar-refractivity contribution in [2.75, 3.05) is 0 Å². The van der Waals surface area contributed by atoms with Crippen LogP contribution < -0.4 is 5.14 Å². The van der Waals surface area contributed by atoms with Gasteiger partial charge in [-0.3, -0.25) is 0 Å². The van der Waals surface area contributed by atoms with Crippen LogP contribution in [0.1, 0.15) is 11.4 Å². The van der Waals surface area contributed by atoms with Crippen LogP contribution in [0.2, 0.25) is 0 Å². The summed E-state index contributed by atoms with van der Waals surface area (Å²) in [5.41, 5.74) is 1.10. The molecule has 1 aromatic carbocycles. The number of aromatic nitrogens is 2. The maximum atomic E-state index is 13.1. The number of nitrogens with two attached hydrogens (primary N) is 1. The number of nitrogens with zero attached hydrogens (tertiary/aromatic N) is 2. The predicted molar refractivity (Wildman–Crippen MR) is 64.4 cm³/mol. The van der Waals surface area contributed by atoms with Gasteiger partial charge in [-0.15, -0.1) is 0 Å². The summed E-state index contributed by atoms with van der Waals surface area (Å²) in [7, 11) is -3.84. The van der Waals surface area contributed by atoms with Gasteiger partial charge in [-0.1, -0.05) is 6.07 Å². The van der Waals surface area contributed by atoms with E-state index in [1.54, 1.807) is 19.9 Å². The van der Waals surface area contributed by atoms with E-state index in [4.69, 9.17) is 5.14 Å². The third-order valence-corrected chi connectivity index (χ3v) is 3.72. The van der Waals surface area contributed by atoms with Crippen LogP contribution in [0.15, 0.2) is 29.2 Å². The maximum absolute atomic E-state index is 13.1. The Morgan fingerprint density at radius 2 is 2.00 bits per heavy atom. The van der Waals surface area contributed by atoms with E-state index in [0.717, 1.165) is 0 Å². The molecule has 0 amide bonds. The van der Waals surface area contributed by atoms with Crippen molar-refractivity contribution in [2.24, 2.45) is 5.14 Å². The summed E-state index contributed by atoms with van der Waals surface area (Å²) < 4.78 is 37.4. The number of aryl methyl sites for hydroxylation is 1. The Balaban J connectivity index is 2.69. The molecule has 0 saturated carbocycles. The van der Waals surface area contributed by atoms with Gasteiger partial charge in [0, 0.05) is 0 Å². The van der Waals surface area contributed by atoms with Crippen LogP contribution >= 0.6 is 0 Å². The fraction of sp³-hybridized carbons (Fsp3) is 0.182. The Hall–Kier alpha value is -1.73. The third-order valence-electron chi connectivity index (χ3n) is 2.56. The average molecular weight is 269 g/mol. The van der Waals surface area contributed by atoms with E-state index < -0.39 is 15.8 Å². The topological polar surface area (TPSA) is 78.0 Å². The summed E-state index contributed by atoms with van der Waals surface area (Å²) in [6.45, 7) is 3.12. The molecule has 0 saturated heterocycles. The Labute approximate surface area is 104 Å². The Kier molecular flexibility index (Phi) is 2.95. The summed E-state index contributed by atoms with van der Waals surface area (Å²) in [6.07, 6.45) is 0. The number of primary sulfonamides is 1. The molecule has 2 N–H and O–H groups in total. The largest absolute Gasteiger partial charge is 0.241 e. The van der Waals surface area contributed by atoms with E-state index in [1.165, 1.54) is 22.9 Å². The SMILES string of the molecule is Cc1nn(-c2cccc(F)c2)c(C)c1S(N)(=O)=O. The number of hydrogen-bond acceptors (Lipinski definition) is 3. The van der Waals surface area contributed by atoms with Gasteiger partial charge >= 0.3 is 0 Å². The van der Waals surface area contributed by atoms with Crippen LogP contribution in [0.4, 0.5) is 4.39 Å². The standard InChI is InChI=1S/C11H12FN3O2S/c1-7-11(18(13,16)17)8(2)15(14-7)10-5-3-4-9(12)6-10/h3-6H,1-2H3,(H2,13,16,17). The molecule has 2 aromatic rings. The Bertz CT molecular complexity index is 707. The molecule has 18 heavy (non-hydrogen) atoms. The van der Waals surface area contributed by atoms with Crippen LogP contribution in [-0.4, -0.2) is 18.2 Å². The highest BCUT2D eigenvalue weighted by molar-refractivity contribution is 7.89. The van der Waals surface area contributed by atoms with Gasteiger partial charge in [-0.2, -0.15) is 5.10 Å². The quantitative estimate of drug-likeness (QED) is 0.892. The minimum atomic E-state index is -3.84. The molecule has 0 bridgehead atoms. The van der Waals surface area contributed by atoms with Crippen molar-refractivity contribution in [1.82, 2.24) is 9.78 Å². The molecule has 0 radical (unpaired) electrons. The van der Waals surface area contributed by atoms with Gasteiger partial charge < -0.3 is 0 Å². The zero-order valence-electron chi connectivity index (χ0n) is 9.88. The van der Waals surface area contributed by atoms with Crippen molar-refractivity contribution in [3.8, 4) is 5.69 Å². The summed E-state index contributed by atoms with van der Waals surface area (Å²) in [6, 6.07) is 5.73. The molecule has 0 atom stereocenters. The van der Waals surface area contributed by atoms with Gasteiger partial charge in [0.2, 0.25) is 10.0 Å². The zero-order valence-corrected chi connectivity index (χ0v) is 10.7. The Morgan fingerprint density at radius 1 is 1.33 bits per heavy atom. The number of rotatable bonds is 2. The number of halogens is 1. The highest BCUT2D eigenvalue weighted by Crippen LogP contribution is 2.21. The minimum Gasteiger partial charge on any atom is -0.236 e. The van der Waals surface area contributed by atoms with Gasteiger partial charge in [-0.25, -0.2) is 22.6 Å². The van der Waals surface area contributed by atoms with Crippen LogP contribution in [-0.2, 0) is 10.0 Å². The lowest BCUT2D eigenvalue weighted by Gasteiger charge is -2.04. The van der Waals surface area contributed by atoms with Crippen molar-refractivity contribution >= 4 is 10.0 Å². The summed E-state index contributed by atoms with van der Waals surface area (Å²) in [5.74, 6) is -0.419. The van der Waals surface area contributed by atoms with E-state index in [-0.39, 0.29) is 4.90 Å². The second-order valence-electron chi connectivity index (χ2n) is 3.94. The van der Waals surface area contributed by atoms with Crippen molar-refractivity contribution in [2.45, 2.75) is 18.7 Å². The molecule has 0 aliphatic heterocycles. The van der Waals surface area contributed by atoms with Crippen molar-refractivity contribution in [3.05, 3.63) is 41.5 Å². The van der Waals surface area contributed by atoms with E-state index in [0.29, 0.717) is 17.1 Å². The second-order valence-corrected chi connectivity index (χ2v) is 5.43. The van der Waals surface area contributed by atoms with Crippen LogP contribution in [0.5, 0.6) is 0 Å². The fourth-order valence-corrected chi connectivity index (χ4v) is 2.85. The van der Waals surface area contributed by atoms with Gasteiger partial charge in [0.1, 0.15) is 10.7 Å². The lowest BCUT2D eigenvalue weighted by atomic mass is 10.3. The normalized spacial score (nSPS) is 11.8. The van der Waals surface area contributed by atoms with Crippen LogP contribution in [0.3, 0.4) is 0 Å². The van der Waals surface area contributed by atoms with Gasteiger partial charge in [-0.05, 0) is 32.0 Å². The fourth-order valence-electron chi connectivity index (χ4n) is 1.90. The molecule has 0 aliphatic carbocycles. The first-order chi connectivity index (χ1) is 8.30. The van der Waals surface area contributed by atoms with E-state index in [2.05, 4.69) is 5.10 Å². The molecule has 1 aromatic heterocycles. The van der Waals surface area contributed by atoms with Crippen molar-refractivity contribution in [3.63, 3.8) is 0 Å². The molecule has 2 rings (SSSR count). The molecule has 7 heteroatoms.